The second-order valence-electron chi connectivity index (χ2n) is 4.57. The Bertz CT molecular complexity index is 577. The monoisotopic (exact) mass is 288 g/mol. The Hall–Kier alpha value is -2.44. The largest absolute Gasteiger partial charge is 0.384 e. The number of nitrogens with zero attached hydrogens (tertiary/aromatic N) is 4. The third-order valence-corrected chi connectivity index (χ3v) is 3.02. The van der Waals surface area contributed by atoms with Crippen molar-refractivity contribution >= 4 is 11.6 Å². The van der Waals surface area contributed by atoms with E-state index < -0.39 is 0 Å². The molecule has 2 heterocycles. The second kappa shape index (κ2) is 7.37. The van der Waals surface area contributed by atoms with E-state index >= 15 is 0 Å². The maximum Gasteiger partial charge on any atom is 0.270 e. The first-order chi connectivity index (χ1) is 10.2. The normalized spacial score (nSPS) is 10.4. The van der Waals surface area contributed by atoms with Gasteiger partial charge >= 0.3 is 0 Å². The Morgan fingerprint density at radius 3 is 2.86 bits per heavy atom. The molecule has 2 rings (SSSR count). The zero-order valence-electron chi connectivity index (χ0n) is 12.3. The van der Waals surface area contributed by atoms with E-state index in [1.807, 2.05) is 17.6 Å². The lowest BCUT2D eigenvalue weighted by atomic mass is 10.3. The average molecular weight is 288 g/mol. The third kappa shape index (κ3) is 4.01. The first-order valence-electron chi connectivity index (χ1n) is 7.09. The molecule has 2 N–H and O–H groups in total. The van der Waals surface area contributed by atoms with Gasteiger partial charge in [-0.05, 0) is 25.5 Å². The summed E-state index contributed by atoms with van der Waals surface area (Å²) in [5, 5.41) is 13.8. The second-order valence-corrected chi connectivity index (χ2v) is 4.57. The molecule has 0 saturated carbocycles. The van der Waals surface area contributed by atoms with Crippen molar-refractivity contribution in [1.29, 1.82) is 0 Å². The number of carbonyl (C=O) groups is 1. The Balaban J connectivity index is 1.91. The van der Waals surface area contributed by atoms with Crippen LogP contribution in [0, 0.1) is 0 Å². The number of nitrogens with one attached hydrogen (secondary N) is 2. The molecule has 0 saturated heterocycles. The highest BCUT2D eigenvalue weighted by atomic mass is 16.1. The fourth-order valence-corrected chi connectivity index (χ4v) is 1.83. The molecule has 0 unspecified atom stereocenters. The number of amides is 1. The minimum Gasteiger partial charge on any atom is -0.384 e. The van der Waals surface area contributed by atoms with Crippen LogP contribution in [0.5, 0.6) is 0 Å². The van der Waals surface area contributed by atoms with E-state index in [1.54, 1.807) is 18.6 Å². The summed E-state index contributed by atoms with van der Waals surface area (Å²) in [6, 6.07) is 3.56. The van der Waals surface area contributed by atoms with Crippen molar-refractivity contribution in [3.05, 3.63) is 36.2 Å². The highest BCUT2D eigenvalue weighted by Gasteiger charge is 2.09. The molecule has 112 valence electrons. The van der Waals surface area contributed by atoms with E-state index in [4.69, 9.17) is 0 Å². The van der Waals surface area contributed by atoms with Gasteiger partial charge in [0.1, 0.15) is 12.0 Å². The summed E-state index contributed by atoms with van der Waals surface area (Å²) in [7, 11) is 0. The van der Waals surface area contributed by atoms with Crippen LogP contribution < -0.4 is 10.6 Å². The van der Waals surface area contributed by atoms with Crippen LogP contribution in [0.15, 0.2) is 24.7 Å². The Labute approximate surface area is 123 Å². The summed E-state index contributed by atoms with van der Waals surface area (Å²) < 4.78 is 1.88. The summed E-state index contributed by atoms with van der Waals surface area (Å²) >= 11 is 0. The van der Waals surface area contributed by atoms with Crippen molar-refractivity contribution in [2.75, 3.05) is 11.9 Å². The van der Waals surface area contributed by atoms with Crippen LogP contribution in [0.4, 0.5) is 5.69 Å². The number of aromatic nitrogens is 4. The topological polar surface area (TPSA) is 84.7 Å². The van der Waals surface area contributed by atoms with Crippen molar-refractivity contribution in [1.82, 2.24) is 25.1 Å². The van der Waals surface area contributed by atoms with Crippen LogP contribution >= 0.6 is 0 Å². The minimum atomic E-state index is -0.220. The lowest BCUT2D eigenvalue weighted by Gasteiger charge is -2.07. The zero-order valence-corrected chi connectivity index (χ0v) is 12.3. The fourth-order valence-electron chi connectivity index (χ4n) is 1.83. The fraction of sp³-hybridized carbons (Fsp3) is 0.429. The van der Waals surface area contributed by atoms with E-state index in [1.165, 1.54) is 0 Å². The summed E-state index contributed by atoms with van der Waals surface area (Å²) in [6.07, 6.45) is 4.35. The molecule has 0 fully saturated rings. The van der Waals surface area contributed by atoms with Gasteiger partial charge in [-0.1, -0.05) is 6.92 Å². The van der Waals surface area contributed by atoms with Gasteiger partial charge in [-0.15, -0.1) is 10.2 Å². The molecular weight excluding hydrogens is 268 g/mol. The quantitative estimate of drug-likeness (QED) is 0.805. The van der Waals surface area contributed by atoms with Crippen LogP contribution in [0.3, 0.4) is 0 Å². The molecule has 7 heteroatoms. The summed E-state index contributed by atoms with van der Waals surface area (Å²) in [6.45, 7) is 6.09. The molecule has 1 amide bonds. The number of aryl methyl sites for hydroxylation is 1. The van der Waals surface area contributed by atoms with Gasteiger partial charge in [0.2, 0.25) is 0 Å². The molecule has 2 aromatic heterocycles. The molecule has 0 aliphatic carbocycles. The van der Waals surface area contributed by atoms with Crippen molar-refractivity contribution in [3.8, 4) is 0 Å². The molecule has 2 aromatic rings. The van der Waals surface area contributed by atoms with Crippen LogP contribution in [0.1, 0.15) is 36.6 Å². The molecular formula is C14H20N6O. The van der Waals surface area contributed by atoms with Crippen molar-refractivity contribution < 1.29 is 4.79 Å². The Morgan fingerprint density at radius 1 is 1.33 bits per heavy atom. The molecule has 0 radical (unpaired) electrons. The molecule has 0 aliphatic heterocycles. The lowest BCUT2D eigenvalue weighted by Crippen LogP contribution is -2.25. The molecule has 0 aromatic carbocycles. The van der Waals surface area contributed by atoms with Crippen LogP contribution in [-0.4, -0.2) is 32.2 Å². The van der Waals surface area contributed by atoms with Crippen molar-refractivity contribution in [3.63, 3.8) is 0 Å². The van der Waals surface area contributed by atoms with Crippen LogP contribution in [-0.2, 0) is 13.1 Å². The van der Waals surface area contributed by atoms with Gasteiger partial charge in [0.05, 0.1) is 18.4 Å². The van der Waals surface area contributed by atoms with E-state index in [9.17, 15) is 4.79 Å². The molecule has 0 aliphatic rings. The predicted molar refractivity (Wildman–Crippen MR) is 79.9 cm³/mol. The third-order valence-electron chi connectivity index (χ3n) is 3.02. The van der Waals surface area contributed by atoms with Gasteiger partial charge in [0, 0.05) is 13.1 Å². The van der Waals surface area contributed by atoms with Gasteiger partial charge in [-0.25, -0.2) is 4.98 Å². The predicted octanol–water partition coefficient (Wildman–Crippen LogP) is 1.44. The number of carbonyl (C=O) groups excluding carboxylic acids is 1. The number of anilines is 1. The maximum absolute atomic E-state index is 12.0. The molecule has 0 atom stereocenters. The minimum absolute atomic E-state index is 0.220. The number of rotatable bonds is 7. The Kier molecular flexibility index (Phi) is 5.25. The lowest BCUT2D eigenvalue weighted by molar-refractivity contribution is 0.0944. The van der Waals surface area contributed by atoms with Gasteiger partial charge in [-0.3, -0.25) is 4.79 Å². The molecule has 21 heavy (non-hydrogen) atoms. The Morgan fingerprint density at radius 2 is 2.19 bits per heavy atom. The van der Waals surface area contributed by atoms with Crippen molar-refractivity contribution in [2.45, 2.75) is 33.4 Å². The van der Waals surface area contributed by atoms with Gasteiger partial charge in [0.15, 0.2) is 5.82 Å². The zero-order chi connectivity index (χ0) is 15.1. The smallest absolute Gasteiger partial charge is 0.270 e. The van der Waals surface area contributed by atoms with E-state index in [2.05, 4.69) is 32.7 Å². The van der Waals surface area contributed by atoms with Gasteiger partial charge < -0.3 is 15.2 Å². The van der Waals surface area contributed by atoms with Crippen LogP contribution in [0.2, 0.25) is 0 Å². The SMILES string of the molecule is CCCNc1ccc(C(=O)NCc2nncn2CC)nc1. The standard InChI is InChI=1S/C14H20N6O/c1-3-7-15-11-5-6-12(16-8-11)14(21)17-9-13-19-18-10-20(13)4-2/h5-6,8,10,15H,3-4,7,9H2,1-2H3,(H,17,21). The average Bonchev–Trinajstić information content (AvgIpc) is 2.98. The summed E-state index contributed by atoms with van der Waals surface area (Å²) in [5.41, 5.74) is 1.30. The highest BCUT2D eigenvalue weighted by molar-refractivity contribution is 5.92. The van der Waals surface area contributed by atoms with Gasteiger partial charge in [0.25, 0.3) is 5.91 Å². The maximum atomic E-state index is 12.0. The molecule has 7 nitrogen and oxygen atoms in total. The number of hydrogen-bond acceptors (Lipinski definition) is 5. The first kappa shape index (κ1) is 15.0. The van der Waals surface area contributed by atoms with E-state index in [0.717, 1.165) is 31.0 Å². The molecule has 0 bridgehead atoms. The summed E-state index contributed by atoms with van der Waals surface area (Å²) in [5.74, 6) is 0.509. The van der Waals surface area contributed by atoms with Gasteiger partial charge in [-0.2, -0.15) is 0 Å². The van der Waals surface area contributed by atoms with E-state index in [0.29, 0.717) is 12.2 Å². The number of pyridine rings is 1. The molecule has 0 spiro atoms. The highest BCUT2D eigenvalue weighted by Crippen LogP contribution is 2.06. The number of hydrogen-bond donors (Lipinski definition) is 2. The first-order valence-corrected chi connectivity index (χ1v) is 7.09. The van der Waals surface area contributed by atoms with E-state index in [-0.39, 0.29) is 5.91 Å². The summed E-state index contributed by atoms with van der Waals surface area (Å²) in [4.78, 5) is 16.2. The van der Waals surface area contributed by atoms with Crippen molar-refractivity contribution in [2.24, 2.45) is 0 Å². The van der Waals surface area contributed by atoms with Crippen LogP contribution in [0.25, 0.3) is 0 Å².